The van der Waals surface area contributed by atoms with Crippen LogP contribution in [0.15, 0.2) is 0 Å². The highest BCUT2D eigenvalue weighted by Gasteiger charge is 2.14. The minimum atomic E-state index is 0.719. The Bertz CT molecular complexity index is 411. The summed E-state index contributed by atoms with van der Waals surface area (Å²) < 4.78 is 5.67. The van der Waals surface area contributed by atoms with Crippen molar-refractivity contribution in [1.82, 2.24) is 4.90 Å². The first-order valence-electron chi connectivity index (χ1n) is 19.0. The third kappa shape index (κ3) is 30.9. The third-order valence-electron chi connectivity index (χ3n) is 9.04. The molecular weight excluding hydrogens is 486 g/mol. The lowest BCUT2D eigenvalue weighted by atomic mass is 10.00. The van der Waals surface area contributed by atoms with Gasteiger partial charge in [-0.2, -0.15) is 0 Å². The van der Waals surface area contributed by atoms with Crippen LogP contribution >= 0.6 is 0 Å². The van der Waals surface area contributed by atoms with Crippen molar-refractivity contribution in [3.8, 4) is 0 Å². The van der Waals surface area contributed by atoms with E-state index in [2.05, 4.69) is 25.7 Å². The summed E-state index contributed by atoms with van der Waals surface area (Å²) in [6, 6.07) is 0. The molecule has 0 aliphatic rings. The molecule has 0 saturated carbocycles. The van der Waals surface area contributed by atoms with Crippen LogP contribution in [0.2, 0.25) is 0 Å². The highest BCUT2D eigenvalue weighted by molar-refractivity contribution is 4.68. The summed E-state index contributed by atoms with van der Waals surface area (Å²) in [5, 5.41) is 0. The van der Waals surface area contributed by atoms with Crippen molar-refractivity contribution in [2.45, 2.75) is 207 Å². The molecule has 0 radical (unpaired) electrons. The molecule has 0 saturated heterocycles. The standard InChI is InChI=1S/C38H79NO/c1-5-8-11-14-16-18-20-22-24-26-28-31-34-39(36-38(37-40-4)33-30-13-10-7-3)35-32-29-27-25-23-21-19-17-15-12-9-6-2/h38H,5-37H2,1-4H3. The Hall–Kier alpha value is -0.0800. The zero-order valence-corrected chi connectivity index (χ0v) is 28.8. The second kappa shape index (κ2) is 35.1. The first kappa shape index (κ1) is 39.9. The van der Waals surface area contributed by atoms with Crippen molar-refractivity contribution < 1.29 is 4.74 Å². The molecule has 0 fully saturated rings. The van der Waals surface area contributed by atoms with Crippen molar-refractivity contribution in [2.24, 2.45) is 5.92 Å². The van der Waals surface area contributed by atoms with Gasteiger partial charge in [-0.15, -0.1) is 0 Å². The zero-order valence-electron chi connectivity index (χ0n) is 28.8. The number of hydrogen-bond acceptors (Lipinski definition) is 2. The van der Waals surface area contributed by atoms with Crippen LogP contribution in [0.1, 0.15) is 207 Å². The topological polar surface area (TPSA) is 12.5 Å². The molecule has 0 aliphatic heterocycles. The highest BCUT2D eigenvalue weighted by Crippen LogP contribution is 2.17. The number of methoxy groups -OCH3 is 1. The van der Waals surface area contributed by atoms with Gasteiger partial charge in [0, 0.05) is 13.7 Å². The zero-order chi connectivity index (χ0) is 29.2. The van der Waals surface area contributed by atoms with Crippen LogP contribution in [0.3, 0.4) is 0 Å². The van der Waals surface area contributed by atoms with Crippen molar-refractivity contribution in [3.05, 3.63) is 0 Å². The first-order valence-corrected chi connectivity index (χ1v) is 19.0. The van der Waals surface area contributed by atoms with Crippen LogP contribution in [0.25, 0.3) is 0 Å². The van der Waals surface area contributed by atoms with Gasteiger partial charge in [0.25, 0.3) is 0 Å². The third-order valence-corrected chi connectivity index (χ3v) is 9.04. The molecular formula is C38H79NO. The summed E-state index contributed by atoms with van der Waals surface area (Å²) in [6.07, 6.45) is 41.5. The minimum Gasteiger partial charge on any atom is -0.384 e. The molecule has 0 aromatic carbocycles. The van der Waals surface area contributed by atoms with Crippen LogP contribution in [-0.4, -0.2) is 38.3 Å². The van der Waals surface area contributed by atoms with E-state index in [1.165, 1.54) is 206 Å². The summed E-state index contributed by atoms with van der Waals surface area (Å²) in [4.78, 5) is 2.83. The van der Waals surface area contributed by atoms with E-state index in [1.54, 1.807) is 0 Å². The Morgan fingerprint density at radius 1 is 0.400 bits per heavy atom. The molecule has 0 N–H and O–H groups in total. The van der Waals surface area contributed by atoms with Gasteiger partial charge in [0.05, 0.1) is 6.61 Å². The Labute approximate surface area is 255 Å². The van der Waals surface area contributed by atoms with Gasteiger partial charge in [-0.25, -0.2) is 0 Å². The van der Waals surface area contributed by atoms with Gasteiger partial charge >= 0.3 is 0 Å². The lowest BCUT2D eigenvalue weighted by Crippen LogP contribution is -2.33. The Morgan fingerprint density at radius 2 is 0.700 bits per heavy atom. The maximum atomic E-state index is 5.67. The maximum absolute atomic E-state index is 5.67. The highest BCUT2D eigenvalue weighted by atomic mass is 16.5. The molecule has 0 rings (SSSR count). The second-order valence-electron chi connectivity index (χ2n) is 13.2. The normalized spacial score (nSPS) is 12.5. The molecule has 0 aliphatic carbocycles. The van der Waals surface area contributed by atoms with E-state index in [-0.39, 0.29) is 0 Å². The predicted octanol–water partition coefficient (Wildman–Crippen LogP) is 12.9. The van der Waals surface area contributed by atoms with E-state index in [4.69, 9.17) is 4.74 Å². The lowest BCUT2D eigenvalue weighted by molar-refractivity contribution is 0.113. The predicted molar refractivity (Wildman–Crippen MR) is 183 cm³/mol. The molecule has 1 atom stereocenters. The van der Waals surface area contributed by atoms with Gasteiger partial charge in [-0.3, -0.25) is 0 Å². The summed E-state index contributed by atoms with van der Waals surface area (Å²) in [5.41, 5.74) is 0. The number of rotatable bonds is 35. The fraction of sp³-hybridized carbons (Fsp3) is 1.00. The molecule has 0 spiro atoms. The number of ether oxygens (including phenoxy) is 1. The van der Waals surface area contributed by atoms with Gasteiger partial charge < -0.3 is 9.64 Å². The fourth-order valence-corrected chi connectivity index (χ4v) is 6.34. The van der Waals surface area contributed by atoms with Gasteiger partial charge in [-0.05, 0) is 38.3 Å². The monoisotopic (exact) mass is 566 g/mol. The summed E-state index contributed by atoms with van der Waals surface area (Å²) >= 11 is 0. The minimum absolute atomic E-state index is 0.719. The number of nitrogens with zero attached hydrogens (tertiary/aromatic N) is 1. The molecule has 0 bridgehead atoms. The molecule has 2 heteroatoms. The second-order valence-corrected chi connectivity index (χ2v) is 13.2. The quantitative estimate of drug-likeness (QED) is 0.0708. The van der Waals surface area contributed by atoms with Crippen molar-refractivity contribution in [1.29, 1.82) is 0 Å². The molecule has 2 nitrogen and oxygen atoms in total. The molecule has 242 valence electrons. The van der Waals surface area contributed by atoms with Gasteiger partial charge in [-0.1, -0.05) is 188 Å². The van der Waals surface area contributed by atoms with Crippen LogP contribution < -0.4 is 0 Å². The maximum Gasteiger partial charge on any atom is 0.0502 e. The fourth-order valence-electron chi connectivity index (χ4n) is 6.34. The average molecular weight is 566 g/mol. The average Bonchev–Trinajstić information content (AvgIpc) is 2.96. The van der Waals surface area contributed by atoms with Gasteiger partial charge in [0.1, 0.15) is 0 Å². The molecule has 40 heavy (non-hydrogen) atoms. The molecule has 0 aromatic heterocycles. The van der Waals surface area contributed by atoms with E-state index in [9.17, 15) is 0 Å². The van der Waals surface area contributed by atoms with Gasteiger partial charge in [0.15, 0.2) is 0 Å². The van der Waals surface area contributed by atoms with E-state index in [0.29, 0.717) is 0 Å². The van der Waals surface area contributed by atoms with E-state index in [1.807, 2.05) is 7.11 Å². The molecule has 0 aromatic rings. The molecule has 0 amide bonds. The largest absolute Gasteiger partial charge is 0.384 e. The van der Waals surface area contributed by atoms with Crippen molar-refractivity contribution in [2.75, 3.05) is 33.4 Å². The molecule has 1 unspecified atom stereocenters. The Kier molecular flexibility index (Phi) is 35.0. The lowest BCUT2D eigenvalue weighted by Gasteiger charge is -2.27. The van der Waals surface area contributed by atoms with Crippen molar-refractivity contribution in [3.63, 3.8) is 0 Å². The number of hydrogen-bond donors (Lipinski definition) is 0. The summed E-state index contributed by atoms with van der Waals surface area (Å²) in [5.74, 6) is 0.719. The van der Waals surface area contributed by atoms with Crippen molar-refractivity contribution >= 4 is 0 Å². The van der Waals surface area contributed by atoms with E-state index >= 15 is 0 Å². The smallest absolute Gasteiger partial charge is 0.0502 e. The van der Waals surface area contributed by atoms with Crippen LogP contribution in [-0.2, 0) is 4.74 Å². The SMILES string of the molecule is CCCCCCCCCCCCCCN(CCCCCCCCCCCCCC)CC(CCCCCC)COC. The summed E-state index contributed by atoms with van der Waals surface area (Å²) in [7, 11) is 1.90. The Balaban J connectivity index is 4.14. The van der Waals surface area contributed by atoms with E-state index in [0.717, 1.165) is 12.5 Å². The van der Waals surface area contributed by atoms with Gasteiger partial charge in [0.2, 0.25) is 0 Å². The molecule has 0 heterocycles. The number of unbranched alkanes of at least 4 members (excludes halogenated alkanes) is 25. The van der Waals surface area contributed by atoms with Crippen LogP contribution in [0.4, 0.5) is 0 Å². The van der Waals surface area contributed by atoms with E-state index < -0.39 is 0 Å². The first-order chi connectivity index (χ1) is 19.8. The Morgan fingerprint density at radius 3 is 1.02 bits per heavy atom. The van der Waals surface area contributed by atoms with Crippen LogP contribution in [0.5, 0.6) is 0 Å². The van der Waals surface area contributed by atoms with Crippen LogP contribution in [0, 0.1) is 5.92 Å². The summed E-state index contributed by atoms with van der Waals surface area (Å²) in [6.45, 7) is 11.8.